The number of hydrogen-bond acceptors (Lipinski definition) is 5. The fourth-order valence-electron chi connectivity index (χ4n) is 1.94. The lowest BCUT2D eigenvalue weighted by Gasteiger charge is -2.30. The minimum absolute atomic E-state index is 0.104. The molecule has 2 heterocycles. The Morgan fingerprint density at radius 3 is 2.88 bits per heavy atom. The van der Waals surface area contributed by atoms with Crippen LogP contribution in [0.25, 0.3) is 0 Å². The number of aromatic nitrogens is 1. The van der Waals surface area contributed by atoms with Gasteiger partial charge < -0.3 is 5.73 Å². The van der Waals surface area contributed by atoms with Crippen molar-refractivity contribution in [1.82, 2.24) is 9.88 Å². The van der Waals surface area contributed by atoms with Crippen molar-refractivity contribution in [3.8, 4) is 0 Å². The van der Waals surface area contributed by atoms with Crippen LogP contribution in [-0.4, -0.2) is 35.0 Å². The van der Waals surface area contributed by atoms with Crippen molar-refractivity contribution in [2.45, 2.75) is 25.9 Å². The van der Waals surface area contributed by atoms with Gasteiger partial charge >= 0.3 is 0 Å². The predicted octanol–water partition coefficient (Wildman–Crippen LogP) is 2.19. The Morgan fingerprint density at radius 2 is 2.31 bits per heavy atom. The smallest absolute Gasteiger partial charge is 0.111 e. The molecule has 1 aliphatic heterocycles. The second kappa shape index (κ2) is 5.04. The number of aryl methyl sites for hydroxylation is 1. The van der Waals surface area contributed by atoms with E-state index in [0.29, 0.717) is 6.04 Å². The monoisotopic (exact) mass is 257 g/mol. The van der Waals surface area contributed by atoms with Gasteiger partial charge in [-0.1, -0.05) is 0 Å². The third-order valence-corrected chi connectivity index (χ3v) is 5.43. The van der Waals surface area contributed by atoms with Crippen LogP contribution in [0.3, 0.4) is 0 Å². The van der Waals surface area contributed by atoms with Crippen LogP contribution in [0.1, 0.15) is 34.6 Å². The van der Waals surface area contributed by atoms with Crippen LogP contribution in [0.2, 0.25) is 0 Å². The van der Waals surface area contributed by atoms with Crippen LogP contribution in [0.5, 0.6) is 0 Å². The lowest BCUT2D eigenvalue weighted by Crippen LogP contribution is -2.32. The molecular formula is C11H19N3S2. The molecule has 2 atom stereocenters. The molecule has 1 aromatic heterocycles. The first-order valence-corrected chi connectivity index (χ1v) is 7.57. The Hall–Kier alpha value is -0.100. The molecular weight excluding hydrogens is 238 g/mol. The average molecular weight is 257 g/mol. The quantitative estimate of drug-likeness (QED) is 0.882. The first-order chi connectivity index (χ1) is 7.59. The molecule has 1 fully saturated rings. The summed E-state index contributed by atoms with van der Waals surface area (Å²) in [4.78, 5) is 8.33. The largest absolute Gasteiger partial charge is 0.323 e. The van der Waals surface area contributed by atoms with Crippen molar-refractivity contribution in [3.63, 3.8) is 0 Å². The lowest BCUT2D eigenvalue weighted by molar-refractivity contribution is 0.274. The van der Waals surface area contributed by atoms with Crippen LogP contribution in [0.4, 0.5) is 0 Å². The lowest BCUT2D eigenvalue weighted by atomic mass is 10.2. The maximum absolute atomic E-state index is 5.94. The van der Waals surface area contributed by atoms with Gasteiger partial charge in [0.25, 0.3) is 0 Å². The standard InChI is InChI=1S/C11H19N3S2/c1-7(12)10-8(2)13-11(16-10)9-6-15-5-4-14(9)3/h7,9H,4-6,12H2,1-3H3. The van der Waals surface area contributed by atoms with Gasteiger partial charge in [-0.25, -0.2) is 4.98 Å². The molecule has 0 saturated carbocycles. The number of thiazole rings is 1. The predicted molar refractivity (Wildman–Crippen MR) is 72.1 cm³/mol. The molecule has 90 valence electrons. The van der Waals surface area contributed by atoms with Gasteiger partial charge in [-0.3, -0.25) is 4.90 Å². The van der Waals surface area contributed by atoms with Crippen molar-refractivity contribution in [2.24, 2.45) is 5.73 Å². The molecule has 0 amide bonds. The van der Waals surface area contributed by atoms with Crippen LogP contribution in [-0.2, 0) is 0 Å². The van der Waals surface area contributed by atoms with Crippen LogP contribution in [0, 0.1) is 6.92 Å². The number of thioether (sulfide) groups is 1. The third kappa shape index (κ3) is 2.42. The highest BCUT2D eigenvalue weighted by atomic mass is 32.2. The van der Waals surface area contributed by atoms with Gasteiger partial charge in [-0.15, -0.1) is 11.3 Å². The summed E-state index contributed by atoms with van der Waals surface area (Å²) in [6.07, 6.45) is 0. The molecule has 0 aromatic carbocycles. The molecule has 0 bridgehead atoms. The van der Waals surface area contributed by atoms with E-state index in [-0.39, 0.29) is 6.04 Å². The number of rotatable bonds is 2. The fraction of sp³-hybridized carbons (Fsp3) is 0.727. The summed E-state index contributed by atoms with van der Waals surface area (Å²) in [6.45, 7) is 5.25. The van der Waals surface area contributed by atoms with E-state index in [1.165, 1.54) is 15.6 Å². The summed E-state index contributed by atoms with van der Waals surface area (Å²) >= 11 is 3.81. The van der Waals surface area contributed by atoms with E-state index < -0.39 is 0 Å². The SMILES string of the molecule is Cc1nc(C2CSCCN2C)sc1C(C)N. The highest BCUT2D eigenvalue weighted by molar-refractivity contribution is 7.99. The molecule has 2 rings (SSSR count). The third-order valence-electron chi connectivity index (χ3n) is 2.94. The Bertz CT molecular complexity index is 362. The second-order valence-corrected chi connectivity index (χ2v) is 6.57. The van der Waals surface area contributed by atoms with Crippen LogP contribution >= 0.6 is 23.1 Å². The molecule has 1 aliphatic rings. The summed E-state index contributed by atoms with van der Waals surface area (Å²) in [5, 5.41) is 1.24. The summed E-state index contributed by atoms with van der Waals surface area (Å²) in [5.74, 6) is 2.39. The molecule has 16 heavy (non-hydrogen) atoms. The summed E-state index contributed by atoms with van der Waals surface area (Å²) in [7, 11) is 2.19. The van der Waals surface area contributed by atoms with Gasteiger partial charge in [-0.2, -0.15) is 11.8 Å². The van der Waals surface area contributed by atoms with E-state index in [0.717, 1.165) is 18.0 Å². The molecule has 1 aromatic rings. The highest BCUT2D eigenvalue weighted by Crippen LogP contribution is 2.33. The summed E-state index contributed by atoms with van der Waals surface area (Å²) < 4.78 is 0. The second-order valence-electron chi connectivity index (χ2n) is 4.36. The number of nitrogens with two attached hydrogens (primary N) is 1. The zero-order valence-corrected chi connectivity index (χ0v) is 11.7. The van der Waals surface area contributed by atoms with Crippen molar-refractivity contribution >= 4 is 23.1 Å². The van der Waals surface area contributed by atoms with E-state index in [1.54, 1.807) is 11.3 Å². The summed E-state index contributed by atoms with van der Waals surface area (Å²) in [6, 6.07) is 0.586. The molecule has 1 saturated heterocycles. The van der Waals surface area contributed by atoms with Crippen molar-refractivity contribution in [1.29, 1.82) is 0 Å². The summed E-state index contributed by atoms with van der Waals surface area (Å²) in [5.41, 5.74) is 7.05. The molecule has 0 aliphatic carbocycles. The number of hydrogen-bond donors (Lipinski definition) is 1. The Balaban J connectivity index is 2.23. The molecule has 0 radical (unpaired) electrons. The van der Waals surface area contributed by atoms with E-state index in [4.69, 9.17) is 5.73 Å². The van der Waals surface area contributed by atoms with E-state index >= 15 is 0 Å². The van der Waals surface area contributed by atoms with Crippen molar-refractivity contribution in [2.75, 3.05) is 25.1 Å². The van der Waals surface area contributed by atoms with Gasteiger partial charge in [0.2, 0.25) is 0 Å². The minimum atomic E-state index is 0.104. The Kier molecular flexibility index (Phi) is 3.89. The zero-order valence-electron chi connectivity index (χ0n) is 10.1. The average Bonchev–Trinajstić information content (AvgIpc) is 2.61. The van der Waals surface area contributed by atoms with Gasteiger partial charge in [0, 0.05) is 29.0 Å². The molecule has 0 spiro atoms. The first-order valence-electron chi connectivity index (χ1n) is 5.60. The zero-order chi connectivity index (χ0) is 11.7. The molecule has 2 unspecified atom stereocenters. The topological polar surface area (TPSA) is 42.2 Å². The van der Waals surface area contributed by atoms with Crippen LogP contribution < -0.4 is 5.73 Å². The Morgan fingerprint density at radius 1 is 1.56 bits per heavy atom. The highest BCUT2D eigenvalue weighted by Gasteiger charge is 2.25. The van der Waals surface area contributed by atoms with Crippen molar-refractivity contribution in [3.05, 3.63) is 15.6 Å². The maximum Gasteiger partial charge on any atom is 0.111 e. The normalized spacial score (nSPS) is 24.6. The van der Waals surface area contributed by atoms with Gasteiger partial charge in [-0.05, 0) is 20.9 Å². The number of nitrogens with zero attached hydrogens (tertiary/aromatic N) is 2. The fourth-order valence-corrected chi connectivity index (χ4v) is 4.45. The van der Waals surface area contributed by atoms with Crippen molar-refractivity contribution < 1.29 is 0 Å². The van der Waals surface area contributed by atoms with E-state index in [9.17, 15) is 0 Å². The Labute approximate surface area is 105 Å². The molecule has 2 N–H and O–H groups in total. The van der Waals surface area contributed by atoms with E-state index in [1.807, 2.05) is 18.7 Å². The van der Waals surface area contributed by atoms with Gasteiger partial charge in [0.15, 0.2) is 0 Å². The first kappa shape index (κ1) is 12.4. The molecule has 3 nitrogen and oxygen atoms in total. The minimum Gasteiger partial charge on any atom is -0.323 e. The maximum atomic E-state index is 5.94. The molecule has 5 heteroatoms. The van der Waals surface area contributed by atoms with Gasteiger partial charge in [0.1, 0.15) is 5.01 Å². The van der Waals surface area contributed by atoms with Gasteiger partial charge in [0.05, 0.1) is 11.7 Å². The van der Waals surface area contributed by atoms with Crippen LogP contribution in [0.15, 0.2) is 0 Å². The van der Waals surface area contributed by atoms with E-state index in [2.05, 4.69) is 23.9 Å².